The molecule has 3 aromatic rings. The van der Waals surface area contributed by atoms with E-state index in [-0.39, 0.29) is 0 Å². The highest BCUT2D eigenvalue weighted by Crippen LogP contribution is 2.24. The number of nitrogens with zero attached hydrogens (tertiary/aromatic N) is 2. The van der Waals surface area contributed by atoms with E-state index in [0.717, 1.165) is 16.8 Å². The molecule has 0 saturated carbocycles. The fourth-order valence-corrected chi connectivity index (χ4v) is 4.07. The van der Waals surface area contributed by atoms with Crippen LogP contribution in [0.4, 0.5) is 0 Å². The fourth-order valence-electron chi connectivity index (χ4n) is 2.93. The van der Waals surface area contributed by atoms with Gasteiger partial charge in [-0.15, -0.1) is 11.3 Å². The first-order valence-electron chi connectivity index (χ1n) is 6.64. The molecule has 0 atom stereocenters. The Balaban J connectivity index is 1.83. The van der Waals surface area contributed by atoms with Crippen LogP contribution in [0.1, 0.15) is 18.4 Å². The normalized spacial score (nSPS) is 16.8. The predicted octanol–water partition coefficient (Wildman–Crippen LogP) is 3.81. The van der Waals surface area contributed by atoms with Gasteiger partial charge in [0, 0.05) is 12.7 Å². The van der Waals surface area contributed by atoms with Gasteiger partial charge < -0.3 is 9.38 Å². The van der Waals surface area contributed by atoms with Crippen molar-refractivity contribution in [3.05, 3.63) is 33.9 Å². The molecule has 0 aliphatic carbocycles. The van der Waals surface area contributed by atoms with Crippen molar-refractivity contribution in [3.63, 3.8) is 0 Å². The summed E-state index contributed by atoms with van der Waals surface area (Å²) in [5.74, 6) is 0. The third kappa shape index (κ3) is 1.93. The van der Waals surface area contributed by atoms with E-state index in [0.29, 0.717) is 0 Å². The van der Waals surface area contributed by atoms with Crippen LogP contribution in [0.3, 0.4) is 0 Å². The van der Waals surface area contributed by atoms with Crippen molar-refractivity contribution in [2.75, 3.05) is 13.1 Å². The third-order valence-corrected chi connectivity index (χ3v) is 5.19. The van der Waals surface area contributed by atoms with Gasteiger partial charge >= 0.3 is 0 Å². The van der Waals surface area contributed by atoms with Gasteiger partial charge in [0.15, 0.2) is 0 Å². The van der Waals surface area contributed by atoms with E-state index in [2.05, 4.69) is 38.0 Å². The highest BCUT2D eigenvalue weighted by atomic mass is 32.1. The van der Waals surface area contributed by atoms with Crippen molar-refractivity contribution in [1.82, 2.24) is 14.3 Å². The molecule has 0 spiro atoms. The number of fused-ring (bicyclic) bond motifs is 3. The average Bonchev–Trinajstić information content (AvgIpc) is 3.07. The van der Waals surface area contributed by atoms with Crippen LogP contribution in [0.25, 0.3) is 15.9 Å². The summed E-state index contributed by atoms with van der Waals surface area (Å²) >= 11 is 7.12. The zero-order chi connectivity index (χ0) is 12.8. The van der Waals surface area contributed by atoms with Crippen LogP contribution in [0.2, 0.25) is 0 Å². The van der Waals surface area contributed by atoms with Gasteiger partial charge in [-0.1, -0.05) is 12.2 Å². The molecule has 98 valence electrons. The van der Waals surface area contributed by atoms with Crippen molar-refractivity contribution in [2.45, 2.75) is 19.4 Å². The summed E-state index contributed by atoms with van der Waals surface area (Å²) in [4.78, 5) is 5.86. The Bertz CT molecular complexity index is 790. The van der Waals surface area contributed by atoms with E-state index in [1.165, 1.54) is 41.7 Å². The fraction of sp³-hybridized carbons (Fsp3) is 0.357. The van der Waals surface area contributed by atoms with Gasteiger partial charge in [-0.05, 0) is 49.0 Å². The quantitative estimate of drug-likeness (QED) is 0.725. The first kappa shape index (κ1) is 11.6. The van der Waals surface area contributed by atoms with Crippen LogP contribution in [0, 0.1) is 4.64 Å². The minimum Gasteiger partial charge on any atom is -0.331 e. The van der Waals surface area contributed by atoms with E-state index in [1.807, 2.05) is 0 Å². The van der Waals surface area contributed by atoms with Gasteiger partial charge in [-0.2, -0.15) is 0 Å². The predicted molar refractivity (Wildman–Crippen MR) is 82.5 cm³/mol. The minimum atomic E-state index is 0.850. The maximum absolute atomic E-state index is 5.42. The Kier molecular flexibility index (Phi) is 2.72. The number of likely N-dealkylation sites (tertiary alicyclic amines) is 1. The van der Waals surface area contributed by atoms with Crippen LogP contribution < -0.4 is 0 Å². The Labute approximate surface area is 120 Å². The van der Waals surface area contributed by atoms with Crippen molar-refractivity contribution >= 4 is 39.4 Å². The smallest absolute Gasteiger partial charge is 0.124 e. The Hall–Kier alpha value is -1.17. The lowest BCUT2D eigenvalue weighted by atomic mass is 10.3. The first-order chi connectivity index (χ1) is 9.31. The number of aromatic nitrogens is 2. The molecule has 0 aromatic carbocycles. The van der Waals surface area contributed by atoms with Gasteiger partial charge in [0.05, 0.1) is 10.2 Å². The molecule has 0 amide bonds. The topological polar surface area (TPSA) is 23.4 Å². The number of aromatic amines is 1. The van der Waals surface area contributed by atoms with Crippen LogP contribution >= 0.6 is 23.6 Å². The van der Waals surface area contributed by atoms with Crippen LogP contribution in [0.15, 0.2) is 23.7 Å². The lowest BCUT2D eigenvalue weighted by molar-refractivity contribution is 0.331. The molecule has 1 N–H and O–H groups in total. The van der Waals surface area contributed by atoms with Crippen molar-refractivity contribution in [3.8, 4) is 0 Å². The first-order valence-corrected chi connectivity index (χ1v) is 7.93. The molecule has 19 heavy (non-hydrogen) atoms. The molecule has 1 aliphatic rings. The second-order valence-corrected chi connectivity index (χ2v) is 6.50. The molecule has 3 aromatic heterocycles. The van der Waals surface area contributed by atoms with Gasteiger partial charge in [0.2, 0.25) is 0 Å². The Morgan fingerprint density at radius 2 is 2.16 bits per heavy atom. The summed E-state index contributed by atoms with van der Waals surface area (Å²) in [5.41, 5.74) is 3.69. The lowest BCUT2D eigenvalue weighted by Crippen LogP contribution is -2.17. The second-order valence-electron chi connectivity index (χ2n) is 5.18. The summed E-state index contributed by atoms with van der Waals surface area (Å²) in [5, 5.41) is 2.11. The Morgan fingerprint density at radius 1 is 1.32 bits per heavy atom. The van der Waals surface area contributed by atoms with Crippen molar-refractivity contribution in [1.29, 1.82) is 0 Å². The maximum Gasteiger partial charge on any atom is 0.124 e. The van der Waals surface area contributed by atoms with Gasteiger partial charge in [-0.3, -0.25) is 4.90 Å². The summed E-state index contributed by atoms with van der Waals surface area (Å²) in [6, 6.07) is 4.38. The van der Waals surface area contributed by atoms with E-state index in [9.17, 15) is 0 Å². The van der Waals surface area contributed by atoms with Crippen LogP contribution in [-0.4, -0.2) is 27.4 Å². The molecule has 5 heteroatoms. The van der Waals surface area contributed by atoms with Gasteiger partial charge in [-0.25, -0.2) is 0 Å². The summed E-state index contributed by atoms with van der Waals surface area (Å²) < 4.78 is 4.25. The highest BCUT2D eigenvalue weighted by Gasteiger charge is 2.13. The number of nitrogens with one attached hydrogen (secondary N) is 1. The minimum absolute atomic E-state index is 0.850. The number of rotatable bonds is 2. The number of hydrogen-bond acceptors (Lipinski definition) is 3. The average molecular weight is 289 g/mol. The number of H-pyrrole nitrogens is 1. The third-order valence-electron chi connectivity index (χ3n) is 3.83. The molecular weight excluding hydrogens is 274 g/mol. The lowest BCUT2D eigenvalue weighted by Gasteiger charge is -2.12. The van der Waals surface area contributed by atoms with E-state index in [1.54, 1.807) is 11.3 Å². The molecule has 0 unspecified atom stereocenters. The maximum atomic E-state index is 5.42. The van der Waals surface area contributed by atoms with Gasteiger partial charge in [0.1, 0.15) is 10.3 Å². The highest BCUT2D eigenvalue weighted by molar-refractivity contribution is 7.71. The Morgan fingerprint density at radius 3 is 3.00 bits per heavy atom. The van der Waals surface area contributed by atoms with Crippen LogP contribution in [0.5, 0.6) is 0 Å². The van der Waals surface area contributed by atoms with Crippen LogP contribution in [-0.2, 0) is 6.54 Å². The molecule has 0 radical (unpaired) electrons. The molecule has 1 aliphatic heterocycles. The zero-order valence-electron chi connectivity index (χ0n) is 10.6. The van der Waals surface area contributed by atoms with E-state index in [4.69, 9.17) is 12.2 Å². The monoisotopic (exact) mass is 289 g/mol. The van der Waals surface area contributed by atoms with Gasteiger partial charge in [0.25, 0.3) is 0 Å². The zero-order valence-corrected chi connectivity index (χ0v) is 12.2. The summed E-state index contributed by atoms with van der Waals surface area (Å²) in [6.45, 7) is 3.51. The molecular formula is C14H15N3S2. The molecule has 1 fully saturated rings. The standard InChI is InChI=1S/C14H15N3S2/c18-14-13-11(3-6-19-13)17-9-10(7-12(17)15-14)8-16-4-1-2-5-16/h3,6-7,9H,1-2,4-5,8H2,(H,15,18). The van der Waals surface area contributed by atoms with E-state index >= 15 is 0 Å². The largest absolute Gasteiger partial charge is 0.331 e. The number of thiophene rings is 1. The summed E-state index contributed by atoms with van der Waals surface area (Å²) in [6.07, 6.45) is 4.92. The SMILES string of the molecule is S=c1[nH]c2cc(CN3CCCC3)cn2c2ccsc12. The molecule has 0 bridgehead atoms. The molecule has 1 saturated heterocycles. The van der Waals surface area contributed by atoms with Crippen molar-refractivity contribution < 1.29 is 0 Å². The second kappa shape index (κ2) is 4.44. The molecule has 3 nitrogen and oxygen atoms in total. The summed E-state index contributed by atoms with van der Waals surface area (Å²) in [7, 11) is 0. The molecule has 4 heterocycles. The van der Waals surface area contributed by atoms with Crippen molar-refractivity contribution in [2.24, 2.45) is 0 Å². The van der Waals surface area contributed by atoms with E-state index < -0.39 is 0 Å². The molecule has 4 rings (SSSR count). The number of hydrogen-bond donors (Lipinski definition) is 1.